The van der Waals surface area contributed by atoms with E-state index in [4.69, 9.17) is 24.3 Å². The zero-order chi connectivity index (χ0) is 31.5. The molecule has 14 nitrogen and oxygen atoms in total. The maximum Gasteiger partial charge on any atom is 0.306 e. The summed E-state index contributed by atoms with van der Waals surface area (Å²) >= 11 is 0. The first-order valence-electron chi connectivity index (χ1n) is 13.8. The summed E-state index contributed by atoms with van der Waals surface area (Å²) in [6.07, 6.45) is -1.07. The smallest absolute Gasteiger partial charge is 0.306 e. The monoisotopic (exact) mass is 598 g/mol. The zero-order valence-electron chi connectivity index (χ0n) is 24.4. The summed E-state index contributed by atoms with van der Waals surface area (Å²) < 4.78 is 17.4. The van der Waals surface area contributed by atoms with Crippen molar-refractivity contribution >= 4 is 23.5 Å². The van der Waals surface area contributed by atoms with E-state index in [1.165, 1.54) is 0 Å². The fourth-order valence-corrected chi connectivity index (χ4v) is 4.31. The normalized spacial score (nSPS) is 17.9. The molecule has 0 spiro atoms. The fraction of sp³-hybridized carbons (Fsp3) is 0.483. The number of aliphatic hydroxyl groups excluding tert-OH is 3. The van der Waals surface area contributed by atoms with Gasteiger partial charge in [-0.3, -0.25) is 15.0 Å². The Kier molecular flexibility index (Phi) is 11.9. The summed E-state index contributed by atoms with van der Waals surface area (Å²) in [5.41, 5.74) is 12.8. The summed E-state index contributed by atoms with van der Waals surface area (Å²) in [5.74, 6) is -0.643. The average Bonchev–Trinajstić information content (AvgIpc) is 3.37. The van der Waals surface area contributed by atoms with Crippen LogP contribution >= 0.6 is 0 Å². The van der Waals surface area contributed by atoms with Crippen molar-refractivity contribution in [1.29, 1.82) is 0 Å². The van der Waals surface area contributed by atoms with Crippen molar-refractivity contribution < 1.29 is 39.1 Å². The van der Waals surface area contributed by atoms with Gasteiger partial charge < -0.3 is 29.5 Å². The van der Waals surface area contributed by atoms with E-state index >= 15 is 0 Å². The number of carbonyl (C=O) groups is 2. The third-order valence-electron chi connectivity index (χ3n) is 6.36. The SMILES string of the molecule is CC(C)(C)OC(=O)CC[C@]1(C(=O)NNC(CO)CO)N=C(c2ccc(OCCCO)cc2)O[C@H]1c1ccccc1N=[N+]=[N-]. The Morgan fingerprint density at radius 2 is 1.84 bits per heavy atom. The molecule has 1 aliphatic heterocycles. The van der Waals surface area contributed by atoms with Crippen LogP contribution in [0.3, 0.4) is 0 Å². The summed E-state index contributed by atoms with van der Waals surface area (Å²) in [5, 5.41) is 31.8. The van der Waals surface area contributed by atoms with Gasteiger partial charge in [0.05, 0.1) is 25.9 Å². The van der Waals surface area contributed by atoms with Gasteiger partial charge in [-0.25, -0.2) is 10.4 Å². The van der Waals surface area contributed by atoms with Crippen LogP contribution in [0.5, 0.6) is 5.75 Å². The summed E-state index contributed by atoms with van der Waals surface area (Å²) in [6, 6.07) is 12.5. The molecule has 0 saturated carbocycles. The highest BCUT2D eigenvalue weighted by Crippen LogP contribution is 2.46. The van der Waals surface area contributed by atoms with Gasteiger partial charge in [0.25, 0.3) is 5.91 Å². The first-order chi connectivity index (χ1) is 20.6. The maximum absolute atomic E-state index is 14.0. The summed E-state index contributed by atoms with van der Waals surface area (Å²) in [7, 11) is 0. The van der Waals surface area contributed by atoms with E-state index in [-0.39, 0.29) is 31.0 Å². The molecule has 2 atom stereocenters. The van der Waals surface area contributed by atoms with Gasteiger partial charge in [-0.1, -0.05) is 29.4 Å². The number of nitrogens with one attached hydrogen (secondary N) is 2. The molecule has 0 bridgehead atoms. The lowest BCUT2D eigenvalue weighted by Crippen LogP contribution is -2.56. The van der Waals surface area contributed by atoms with E-state index in [1.54, 1.807) is 69.3 Å². The molecule has 5 N–H and O–H groups in total. The Labute approximate surface area is 249 Å². The molecule has 2 aromatic rings. The molecule has 0 unspecified atom stereocenters. The number of benzene rings is 2. The van der Waals surface area contributed by atoms with Crippen molar-refractivity contribution in [2.75, 3.05) is 26.4 Å². The highest BCUT2D eigenvalue weighted by Gasteiger charge is 2.54. The quantitative estimate of drug-likeness (QED) is 0.0509. The summed E-state index contributed by atoms with van der Waals surface area (Å²) in [4.78, 5) is 34.5. The van der Waals surface area contributed by atoms with Gasteiger partial charge in [-0.15, -0.1) is 0 Å². The number of esters is 1. The van der Waals surface area contributed by atoms with E-state index in [0.717, 1.165) is 0 Å². The molecule has 43 heavy (non-hydrogen) atoms. The molecule has 0 saturated heterocycles. The Hall–Kier alpha value is -4.20. The standard InChI is InChI=1S/C29H38N6O8/c1-28(2,3)43-24(39)13-14-29(27(40)34-32-20(17-37)18-38)25(22-7-4-5-8-23(22)33-35-30)42-26(31-29)19-9-11-21(12-10-19)41-16-6-15-36/h4-5,7-12,20,25,32,36-38H,6,13-18H2,1-3H3,(H,34,40)/t25-,29-/m0/s1. The molecule has 0 aromatic heterocycles. The van der Waals surface area contributed by atoms with Crippen LogP contribution in [0.1, 0.15) is 57.3 Å². The Morgan fingerprint density at radius 3 is 2.47 bits per heavy atom. The minimum atomic E-state index is -1.79. The van der Waals surface area contributed by atoms with Crippen LogP contribution < -0.4 is 15.6 Å². The lowest BCUT2D eigenvalue weighted by Gasteiger charge is -2.32. The molecular formula is C29H38N6O8. The van der Waals surface area contributed by atoms with Crippen molar-refractivity contribution in [2.45, 2.75) is 63.3 Å². The van der Waals surface area contributed by atoms with Crippen molar-refractivity contribution in [1.82, 2.24) is 10.9 Å². The predicted octanol–water partition coefficient (Wildman–Crippen LogP) is 2.74. The molecule has 0 fully saturated rings. The van der Waals surface area contributed by atoms with Crippen molar-refractivity contribution in [3.63, 3.8) is 0 Å². The Morgan fingerprint density at radius 1 is 1.14 bits per heavy atom. The van der Waals surface area contributed by atoms with Crippen LogP contribution in [-0.4, -0.2) is 76.7 Å². The lowest BCUT2D eigenvalue weighted by molar-refractivity contribution is -0.155. The molecule has 1 aliphatic rings. The third kappa shape index (κ3) is 8.89. The molecule has 14 heteroatoms. The van der Waals surface area contributed by atoms with Gasteiger partial charge in [0.15, 0.2) is 11.6 Å². The predicted molar refractivity (Wildman–Crippen MR) is 156 cm³/mol. The lowest BCUT2D eigenvalue weighted by atomic mass is 9.83. The van der Waals surface area contributed by atoms with Crippen LogP contribution in [0, 0.1) is 0 Å². The topological polar surface area (TPSA) is 208 Å². The maximum atomic E-state index is 14.0. The minimum Gasteiger partial charge on any atom is -0.494 e. The van der Waals surface area contributed by atoms with Gasteiger partial charge >= 0.3 is 5.97 Å². The molecule has 3 rings (SSSR count). The number of hydrogen-bond acceptors (Lipinski definition) is 11. The molecule has 232 valence electrons. The molecule has 1 heterocycles. The van der Waals surface area contributed by atoms with E-state index < -0.39 is 48.4 Å². The third-order valence-corrected chi connectivity index (χ3v) is 6.36. The van der Waals surface area contributed by atoms with Crippen LogP contribution in [0.25, 0.3) is 10.4 Å². The molecule has 0 aliphatic carbocycles. The first kappa shape index (κ1) is 33.3. The van der Waals surface area contributed by atoms with E-state index in [0.29, 0.717) is 29.9 Å². The number of aliphatic hydroxyl groups is 3. The van der Waals surface area contributed by atoms with Gasteiger partial charge in [0, 0.05) is 41.2 Å². The number of azide groups is 1. The second kappa shape index (κ2) is 15.3. The highest BCUT2D eigenvalue weighted by molar-refractivity contribution is 6.01. The second-order valence-electron chi connectivity index (χ2n) is 10.8. The Bertz CT molecular complexity index is 1320. The first-order valence-corrected chi connectivity index (χ1v) is 13.8. The summed E-state index contributed by atoms with van der Waals surface area (Å²) in [6.45, 7) is 4.58. The molecule has 1 amide bonds. The molecular weight excluding hydrogens is 560 g/mol. The minimum absolute atomic E-state index is 0.00109. The van der Waals surface area contributed by atoms with E-state index in [2.05, 4.69) is 20.9 Å². The van der Waals surface area contributed by atoms with Crippen molar-refractivity contribution in [3.8, 4) is 5.75 Å². The van der Waals surface area contributed by atoms with Crippen LogP contribution in [-0.2, 0) is 19.1 Å². The van der Waals surface area contributed by atoms with Crippen LogP contribution in [0.15, 0.2) is 58.6 Å². The van der Waals surface area contributed by atoms with Gasteiger partial charge in [-0.05, 0) is 57.0 Å². The highest BCUT2D eigenvalue weighted by atomic mass is 16.6. The van der Waals surface area contributed by atoms with Gasteiger partial charge in [0.1, 0.15) is 11.4 Å². The fourth-order valence-electron chi connectivity index (χ4n) is 4.31. The number of rotatable bonds is 15. The van der Waals surface area contributed by atoms with Gasteiger partial charge in [-0.2, -0.15) is 0 Å². The van der Waals surface area contributed by atoms with E-state index in [9.17, 15) is 25.3 Å². The van der Waals surface area contributed by atoms with Crippen LogP contribution in [0.2, 0.25) is 0 Å². The number of hydrogen-bond donors (Lipinski definition) is 5. The number of amides is 1. The number of ether oxygens (including phenoxy) is 3. The van der Waals surface area contributed by atoms with Gasteiger partial charge in [0.2, 0.25) is 5.90 Å². The Balaban J connectivity index is 2.10. The van der Waals surface area contributed by atoms with Crippen molar-refractivity contribution in [3.05, 3.63) is 70.1 Å². The van der Waals surface area contributed by atoms with E-state index in [1.807, 2.05) is 0 Å². The largest absolute Gasteiger partial charge is 0.494 e. The van der Waals surface area contributed by atoms with Crippen LogP contribution in [0.4, 0.5) is 5.69 Å². The average molecular weight is 599 g/mol. The van der Waals surface area contributed by atoms with Crippen molar-refractivity contribution in [2.24, 2.45) is 10.1 Å². The number of hydrazine groups is 1. The number of aliphatic imine (C=N–C) groups is 1. The number of carbonyl (C=O) groups excluding carboxylic acids is 2. The second-order valence-corrected chi connectivity index (χ2v) is 10.8. The molecule has 2 aromatic carbocycles. The molecule has 0 radical (unpaired) electrons. The zero-order valence-corrected chi connectivity index (χ0v) is 24.4. The number of nitrogens with zero attached hydrogens (tertiary/aromatic N) is 4.